The van der Waals surface area contributed by atoms with Crippen LogP contribution < -0.4 is 10.1 Å². The van der Waals surface area contributed by atoms with E-state index in [0.717, 1.165) is 17.0 Å². The summed E-state index contributed by atoms with van der Waals surface area (Å²) < 4.78 is 5.79. The molecule has 0 atom stereocenters. The maximum absolute atomic E-state index is 12.5. The fourth-order valence-electron chi connectivity index (χ4n) is 2.61. The predicted octanol–water partition coefficient (Wildman–Crippen LogP) is 4.32. The number of amides is 1. The van der Waals surface area contributed by atoms with Gasteiger partial charge in [0.15, 0.2) is 0 Å². The third kappa shape index (κ3) is 6.14. The highest BCUT2D eigenvalue weighted by atomic mass is 16.5. The van der Waals surface area contributed by atoms with E-state index in [0.29, 0.717) is 26.1 Å². The van der Waals surface area contributed by atoms with E-state index >= 15 is 0 Å². The lowest BCUT2D eigenvalue weighted by molar-refractivity contribution is -0.131. The molecule has 4 nitrogen and oxygen atoms in total. The van der Waals surface area contributed by atoms with Crippen molar-refractivity contribution in [3.63, 3.8) is 0 Å². The highest BCUT2D eigenvalue weighted by Gasteiger charge is 2.12. The number of benzene rings is 2. The van der Waals surface area contributed by atoms with E-state index in [-0.39, 0.29) is 12.0 Å². The number of carbonyl (C=O) groups excluding carboxylic acids is 1. The van der Waals surface area contributed by atoms with Crippen LogP contribution in [0.5, 0.6) is 5.75 Å². The van der Waals surface area contributed by atoms with Crippen molar-refractivity contribution in [2.24, 2.45) is 0 Å². The molecule has 1 amide bonds. The zero-order chi connectivity index (χ0) is 18.1. The number of ether oxygens (including phenoxy) is 1. The number of hydrogen-bond donors (Lipinski definition) is 1. The maximum Gasteiger partial charge on any atom is 0.224 e. The average molecular weight is 340 g/mol. The second-order valence-corrected chi connectivity index (χ2v) is 6.23. The van der Waals surface area contributed by atoms with Crippen LogP contribution in [0.1, 0.15) is 32.8 Å². The van der Waals surface area contributed by atoms with Gasteiger partial charge in [-0.05, 0) is 38.5 Å². The van der Waals surface area contributed by atoms with Gasteiger partial charge in [0.1, 0.15) is 5.75 Å². The molecule has 0 unspecified atom stereocenters. The van der Waals surface area contributed by atoms with E-state index in [1.54, 1.807) is 0 Å². The Morgan fingerprint density at radius 2 is 1.76 bits per heavy atom. The van der Waals surface area contributed by atoms with Crippen molar-refractivity contribution in [2.45, 2.75) is 39.8 Å². The van der Waals surface area contributed by atoms with E-state index in [2.05, 4.69) is 5.32 Å². The van der Waals surface area contributed by atoms with Crippen LogP contribution in [0, 0.1) is 0 Å². The summed E-state index contributed by atoms with van der Waals surface area (Å²) in [6.45, 7) is 7.97. The van der Waals surface area contributed by atoms with Crippen LogP contribution in [-0.4, -0.2) is 30.0 Å². The summed E-state index contributed by atoms with van der Waals surface area (Å²) in [5.41, 5.74) is 2.08. The fourth-order valence-corrected chi connectivity index (χ4v) is 2.61. The summed E-state index contributed by atoms with van der Waals surface area (Å²) in [6.07, 6.45) is 0.572. The summed E-state index contributed by atoms with van der Waals surface area (Å²) in [6, 6.07) is 17.9. The Morgan fingerprint density at radius 3 is 2.44 bits per heavy atom. The molecule has 0 bridgehead atoms. The Labute approximate surface area is 150 Å². The minimum Gasteiger partial charge on any atom is -0.489 e. The van der Waals surface area contributed by atoms with E-state index in [1.807, 2.05) is 80.3 Å². The van der Waals surface area contributed by atoms with Gasteiger partial charge in [0.2, 0.25) is 5.91 Å². The Morgan fingerprint density at radius 1 is 1.08 bits per heavy atom. The molecule has 25 heavy (non-hydrogen) atoms. The lowest BCUT2D eigenvalue weighted by Gasteiger charge is -2.21. The van der Waals surface area contributed by atoms with Crippen LogP contribution in [0.15, 0.2) is 54.6 Å². The first kappa shape index (κ1) is 18.8. The van der Waals surface area contributed by atoms with Gasteiger partial charge in [0.05, 0.1) is 11.8 Å². The molecule has 4 heteroatoms. The topological polar surface area (TPSA) is 41.6 Å². The zero-order valence-corrected chi connectivity index (χ0v) is 15.4. The van der Waals surface area contributed by atoms with E-state index in [9.17, 15) is 4.79 Å². The first-order chi connectivity index (χ1) is 12.1. The molecule has 0 radical (unpaired) electrons. The quantitative estimate of drug-likeness (QED) is 0.739. The number of nitrogens with zero attached hydrogens (tertiary/aromatic N) is 1. The molecule has 0 heterocycles. The summed E-state index contributed by atoms with van der Waals surface area (Å²) in [7, 11) is 0. The van der Waals surface area contributed by atoms with Gasteiger partial charge in [-0.25, -0.2) is 0 Å². The van der Waals surface area contributed by atoms with Gasteiger partial charge in [-0.1, -0.05) is 42.5 Å². The highest BCUT2D eigenvalue weighted by molar-refractivity contribution is 5.76. The van der Waals surface area contributed by atoms with Gasteiger partial charge >= 0.3 is 0 Å². The van der Waals surface area contributed by atoms with Crippen LogP contribution in [0.3, 0.4) is 0 Å². The standard InChI is InChI=1S/C21H28N2O2/c1-4-23(16-18-10-6-5-7-11-18)21(24)14-15-22-19-12-8-9-13-20(19)25-17(2)3/h5-13,17,22H,4,14-16H2,1-3H3. The van der Waals surface area contributed by atoms with Gasteiger partial charge in [-0.15, -0.1) is 0 Å². The van der Waals surface area contributed by atoms with Crippen LogP contribution in [0.2, 0.25) is 0 Å². The average Bonchev–Trinajstić information content (AvgIpc) is 2.61. The molecular formula is C21H28N2O2. The molecule has 0 saturated carbocycles. The first-order valence-corrected chi connectivity index (χ1v) is 8.91. The number of carbonyl (C=O) groups is 1. The lowest BCUT2D eigenvalue weighted by Crippen LogP contribution is -2.31. The summed E-state index contributed by atoms with van der Waals surface area (Å²) in [4.78, 5) is 14.4. The first-order valence-electron chi connectivity index (χ1n) is 8.91. The van der Waals surface area contributed by atoms with Gasteiger partial charge < -0.3 is 15.0 Å². The molecule has 0 aliphatic carbocycles. The van der Waals surface area contributed by atoms with E-state index in [4.69, 9.17) is 4.74 Å². The third-order valence-electron chi connectivity index (χ3n) is 3.85. The van der Waals surface area contributed by atoms with Crippen LogP contribution in [-0.2, 0) is 11.3 Å². The van der Waals surface area contributed by atoms with E-state index < -0.39 is 0 Å². The SMILES string of the molecule is CCN(Cc1ccccc1)C(=O)CCNc1ccccc1OC(C)C. The molecule has 0 aliphatic rings. The highest BCUT2D eigenvalue weighted by Crippen LogP contribution is 2.24. The molecule has 1 N–H and O–H groups in total. The van der Waals surface area contributed by atoms with Gasteiger partial charge in [0.25, 0.3) is 0 Å². The monoisotopic (exact) mass is 340 g/mol. The predicted molar refractivity (Wildman–Crippen MR) is 103 cm³/mol. The van der Waals surface area contributed by atoms with E-state index in [1.165, 1.54) is 0 Å². The fraction of sp³-hybridized carbons (Fsp3) is 0.381. The van der Waals surface area contributed by atoms with Crippen molar-refractivity contribution >= 4 is 11.6 Å². The molecular weight excluding hydrogens is 312 g/mol. The second kappa shape index (κ2) is 9.72. The second-order valence-electron chi connectivity index (χ2n) is 6.23. The number of anilines is 1. The molecule has 2 rings (SSSR count). The van der Waals surface area contributed by atoms with Gasteiger partial charge in [-0.3, -0.25) is 4.79 Å². The minimum absolute atomic E-state index is 0.117. The van der Waals surface area contributed by atoms with Crippen molar-refractivity contribution in [1.29, 1.82) is 0 Å². The minimum atomic E-state index is 0.117. The smallest absolute Gasteiger partial charge is 0.224 e. The van der Waals surface area contributed by atoms with Crippen molar-refractivity contribution in [1.82, 2.24) is 4.90 Å². The molecule has 134 valence electrons. The maximum atomic E-state index is 12.5. The van der Waals surface area contributed by atoms with Gasteiger partial charge in [-0.2, -0.15) is 0 Å². The van der Waals surface area contributed by atoms with Crippen LogP contribution in [0.4, 0.5) is 5.69 Å². The molecule has 2 aromatic rings. The van der Waals surface area contributed by atoms with Crippen molar-refractivity contribution in [3.8, 4) is 5.75 Å². The lowest BCUT2D eigenvalue weighted by atomic mass is 10.2. The van der Waals surface area contributed by atoms with Gasteiger partial charge in [0, 0.05) is 26.1 Å². The molecule has 0 spiro atoms. The summed E-state index contributed by atoms with van der Waals surface area (Å²) in [5, 5.41) is 3.32. The largest absolute Gasteiger partial charge is 0.489 e. The number of rotatable bonds is 9. The summed E-state index contributed by atoms with van der Waals surface area (Å²) >= 11 is 0. The van der Waals surface area contributed by atoms with Crippen molar-refractivity contribution < 1.29 is 9.53 Å². The Balaban J connectivity index is 1.87. The number of nitrogens with one attached hydrogen (secondary N) is 1. The molecule has 0 saturated heterocycles. The summed E-state index contributed by atoms with van der Waals surface area (Å²) in [5.74, 6) is 0.975. The normalized spacial score (nSPS) is 10.6. The van der Waals surface area contributed by atoms with Crippen LogP contribution >= 0.6 is 0 Å². The van der Waals surface area contributed by atoms with Crippen molar-refractivity contribution in [3.05, 3.63) is 60.2 Å². The van der Waals surface area contributed by atoms with Crippen LogP contribution in [0.25, 0.3) is 0 Å². The molecule has 0 fully saturated rings. The Kier molecular flexibility index (Phi) is 7.33. The third-order valence-corrected chi connectivity index (χ3v) is 3.85. The number of hydrogen-bond acceptors (Lipinski definition) is 3. The van der Waals surface area contributed by atoms with Crippen molar-refractivity contribution in [2.75, 3.05) is 18.4 Å². The molecule has 0 aromatic heterocycles. The molecule has 2 aromatic carbocycles. The Hall–Kier alpha value is -2.49. The zero-order valence-electron chi connectivity index (χ0n) is 15.4. The Bertz CT molecular complexity index is 656. The number of para-hydroxylation sites is 2. The molecule has 0 aliphatic heterocycles.